The Hall–Kier alpha value is -1.30. The summed E-state index contributed by atoms with van der Waals surface area (Å²) in [4.78, 5) is 12.2. The number of amides is 1. The van der Waals surface area contributed by atoms with Crippen molar-refractivity contribution >= 4 is 23.5 Å². The summed E-state index contributed by atoms with van der Waals surface area (Å²) < 4.78 is 0.199. The van der Waals surface area contributed by atoms with Gasteiger partial charge in [-0.25, -0.2) is 0 Å². The molecule has 6 heteroatoms. The van der Waals surface area contributed by atoms with Crippen LogP contribution in [-0.2, 0) is 0 Å². The molecule has 0 atom stereocenters. The van der Waals surface area contributed by atoms with Crippen LogP contribution in [0, 0.1) is 0 Å². The van der Waals surface area contributed by atoms with Gasteiger partial charge in [0.25, 0.3) is 5.91 Å². The summed E-state index contributed by atoms with van der Waals surface area (Å²) in [5.41, 5.74) is 0.378. The molecule has 1 aliphatic carbocycles. The molecule has 1 saturated carbocycles. The normalized spacial score (nSPS) is 17.2. The van der Waals surface area contributed by atoms with Crippen LogP contribution in [-0.4, -0.2) is 40.2 Å². The van der Waals surface area contributed by atoms with Crippen molar-refractivity contribution in [2.75, 3.05) is 24.7 Å². The largest absolute Gasteiger partial charge is 0.369 e. The van der Waals surface area contributed by atoms with Crippen LogP contribution in [0.1, 0.15) is 49.5 Å². The first-order chi connectivity index (χ1) is 10.2. The number of anilines is 1. The minimum absolute atomic E-state index is 0.135. The first-order valence-corrected chi connectivity index (χ1v) is 8.82. The van der Waals surface area contributed by atoms with Crippen LogP contribution >= 0.6 is 11.8 Å². The average molecular weight is 308 g/mol. The van der Waals surface area contributed by atoms with E-state index in [1.54, 1.807) is 12.1 Å². The smallest absolute Gasteiger partial charge is 0.271 e. The van der Waals surface area contributed by atoms with Gasteiger partial charge >= 0.3 is 0 Å². The van der Waals surface area contributed by atoms with Gasteiger partial charge in [-0.3, -0.25) is 4.79 Å². The Balaban J connectivity index is 1.91. The van der Waals surface area contributed by atoms with Crippen LogP contribution in [0.3, 0.4) is 0 Å². The van der Waals surface area contributed by atoms with E-state index < -0.39 is 0 Å². The van der Waals surface area contributed by atoms with Crippen LogP contribution in [0.25, 0.3) is 0 Å². The highest BCUT2D eigenvalue weighted by atomic mass is 32.2. The summed E-state index contributed by atoms with van der Waals surface area (Å²) in [5, 5.41) is 14.1. The first kappa shape index (κ1) is 16.1. The number of hydrogen-bond donors (Lipinski definition) is 2. The Bertz CT molecular complexity index is 457. The molecule has 1 aromatic rings. The maximum Gasteiger partial charge on any atom is 0.271 e. The van der Waals surface area contributed by atoms with Crippen LogP contribution < -0.4 is 10.6 Å². The second-order valence-electron chi connectivity index (χ2n) is 5.46. The van der Waals surface area contributed by atoms with Crippen molar-refractivity contribution in [3.8, 4) is 0 Å². The van der Waals surface area contributed by atoms with Gasteiger partial charge in [-0.2, -0.15) is 11.8 Å². The number of carbonyl (C=O) groups is 1. The second-order valence-corrected chi connectivity index (χ2v) is 6.74. The lowest BCUT2D eigenvalue weighted by molar-refractivity contribution is 0.0941. The number of nitrogens with one attached hydrogen (secondary N) is 2. The first-order valence-electron chi connectivity index (χ1n) is 7.60. The third-order valence-electron chi connectivity index (χ3n) is 4.02. The van der Waals surface area contributed by atoms with E-state index in [1.165, 1.54) is 32.1 Å². The Morgan fingerprint density at radius 3 is 2.62 bits per heavy atom. The molecule has 0 unspecified atom stereocenters. The highest BCUT2D eigenvalue weighted by molar-refractivity contribution is 8.00. The van der Waals surface area contributed by atoms with E-state index >= 15 is 0 Å². The summed E-state index contributed by atoms with van der Waals surface area (Å²) in [6.07, 6.45) is 8.33. The molecule has 0 saturated heterocycles. The third kappa shape index (κ3) is 4.33. The van der Waals surface area contributed by atoms with Crippen molar-refractivity contribution in [3.05, 3.63) is 17.8 Å². The van der Waals surface area contributed by atoms with Crippen LogP contribution in [0.4, 0.5) is 5.82 Å². The van der Waals surface area contributed by atoms with Gasteiger partial charge in [-0.05, 0) is 38.2 Å². The number of thioether (sulfide) groups is 1. The molecule has 21 heavy (non-hydrogen) atoms. The van der Waals surface area contributed by atoms with Gasteiger partial charge < -0.3 is 10.6 Å². The van der Waals surface area contributed by atoms with Gasteiger partial charge in [0.15, 0.2) is 5.69 Å². The Labute approximate surface area is 130 Å². The molecule has 5 nitrogen and oxygen atoms in total. The van der Waals surface area contributed by atoms with Crippen molar-refractivity contribution in [3.63, 3.8) is 0 Å². The van der Waals surface area contributed by atoms with Gasteiger partial charge in [0, 0.05) is 17.8 Å². The van der Waals surface area contributed by atoms with Crippen molar-refractivity contribution in [2.45, 2.75) is 43.8 Å². The number of hydrogen-bond acceptors (Lipinski definition) is 5. The van der Waals surface area contributed by atoms with Gasteiger partial charge in [0.2, 0.25) is 0 Å². The summed E-state index contributed by atoms with van der Waals surface area (Å²) in [5.74, 6) is 0.562. The molecule has 0 bridgehead atoms. The zero-order chi connectivity index (χ0) is 15.1. The van der Waals surface area contributed by atoms with Crippen molar-refractivity contribution in [1.82, 2.24) is 15.5 Å². The fourth-order valence-electron chi connectivity index (χ4n) is 2.71. The minimum atomic E-state index is -0.135. The highest BCUT2D eigenvalue weighted by Gasteiger charge is 2.31. The molecular weight excluding hydrogens is 284 g/mol. The predicted molar refractivity (Wildman–Crippen MR) is 87.9 cm³/mol. The molecule has 0 aliphatic heterocycles. The topological polar surface area (TPSA) is 66.9 Å². The van der Waals surface area contributed by atoms with Gasteiger partial charge in [0.05, 0.1) is 0 Å². The van der Waals surface area contributed by atoms with E-state index in [0.717, 1.165) is 6.54 Å². The zero-order valence-electron chi connectivity index (χ0n) is 12.8. The average Bonchev–Trinajstić information content (AvgIpc) is 2.54. The Morgan fingerprint density at radius 2 is 2.05 bits per heavy atom. The fraction of sp³-hybridized carbons (Fsp3) is 0.667. The van der Waals surface area contributed by atoms with Crippen molar-refractivity contribution < 1.29 is 4.79 Å². The maximum absolute atomic E-state index is 12.2. The minimum Gasteiger partial charge on any atom is -0.369 e. The molecule has 1 aromatic heterocycles. The molecule has 2 rings (SSSR count). The molecule has 1 amide bonds. The van der Waals surface area contributed by atoms with Gasteiger partial charge in [0.1, 0.15) is 5.82 Å². The lowest BCUT2D eigenvalue weighted by Gasteiger charge is -2.35. The van der Waals surface area contributed by atoms with Crippen LogP contribution in [0.15, 0.2) is 12.1 Å². The summed E-state index contributed by atoms with van der Waals surface area (Å²) >= 11 is 1.88. The maximum atomic E-state index is 12.2. The molecule has 0 aromatic carbocycles. The standard InChI is InChI=1S/C15H24N4OS/c1-3-16-13-8-7-12(18-19-13)14(20)17-11-15(21-2)9-5-4-6-10-15/h7-8H,3-6,9-11H2,1-2H3,(H,16,19)(H,17,20). The lowest BCUT2D eigenvalue weighted by atomic mass is 9.88. The molecule has 0 spiro atoms. The molecule has 2 N–H and O–H groups in total. The zero-order valence-corrected chi connectivity index (χ0v) is 13.6. The van der Waals surface area contributed by atoms with E-state index in [4.69, 9.17) is 0 Å². The summed E-state index contributed by atoms with van der Waals surface area (Å²) in [6, 6.07) is 3.50. The summed E-state index contributed by atoms with van der Waals surface area (Å²) in [6.45, 7) is 3.49. The van der Waals surface area contributed by atoms with Crippen LogP contribution in [0.2, 0.25) is 0 Å². The van der Waals surface area contributed by atoms with E-state index in [-0.39, 0.29) is 10.7 Å². The van der Waals surface area contributed by atoms with Crippen LogP contribution in [0.5, 0.6) is 0 Å². The molecule has 116 valence electrons. The monoisotopic (exact) mass is 308 g/mol. The quantitative estimate of drug-likeness (QED) is 0.846. The van der Waals surface area contributed by atoms with E-state index in [0.29, 0.717) is 18.1 Å². The SMILES string of the molecule is CCNc1ccc(C(=O)NCC2(SC)CCCCC2)nn1. The van der Waals surface area contributed by atoms with Crippen molar-refractivity contribution in [1.29, 1.82) is 0 Å². The van der Waals surface area contributed by atoms with Gasteiger partial charge in [-0.1, -0.05) is 19.3 Å². The number of aromatic nitrogens is 2. The Morgan fingerprint density at radius 1 is 1.29 bits per heavy atom. The van der Waals surface area contributed by atoms with E-state index in [2.05, 4.69) is 27.1 Å². The predicted octanol–water partition coefficient (Wildman–Crippen LogP) is 2.70. The molecular formula is C15H24N4OS. The Kier molecular flexibility index (Phi) is 5.85. The third-order valence-corrected chi connectivity index (χ3v) is 5.44. The number of rotatable bonds is 6. The fourth-order valence-corrected chi connectivity index (χ4v) is 3.62. The second kappa shape index (κ2) is 7.64. The summed E-state index contributed by atoms with van der Waals surface area (Å²) in [7, 11) is 0. The van der Waals surface area contributed by atoms with Crippen molar-refractivity contribution in [2.24, 2.45) is 0 Å². The molecule has 1 aliphatic rings. The lowest BCUT2D eigenvalue weighted by Crippen LogP contribution is -2.42. The van der Waals surface area contributed by atoms with Gasteiger partial charge in [-0.15, -0.1) is 10.2 Å². The number of nitrogens with zero attached hydrogens (tertiary/aromatic N) is 2. The van der Waals surface area contributed by atoms with E-state index in [1.807, 2.05) is 18.7 Å². The molecule has 1 heterocycles. The molecule has 1 fully saturated rings. The molecule has 0 radical (unpaired) electrons. The highest BCUT2D eigenvalue weighted by Crippen LogP contribution is 2.37. The van der Waals surface area contributed by atoms with E-state index in [9.17, 15) is 4.79 Å². The number of carbonyl (C=O) groups excluding carboxylic acids is 1.